The van der Waals surface area contributed by atoms with Crippen LogP contribution >= 0.6 is 0 Å². The molecule has 8 heteroatoms. The van der Waals surface area contributed by atoms with Gasteiger partial charge in [0.25, 0.3) is 0 Å². The molecule has 0 radical (unpaired) electrons. The van der Waals surface area contributed by atoms with Crippen molar-refractivity contribution in [2.75, 3.05) is 23.9 Å². The molecule has 0 amide bonds. The fourth-order valence-electron chi connectivity index (χ4n) is 1.75. The third-order valence-electron chi connectivity index (χ3n) is 2.52. The van der Waals surface area contributed by atoms with Crippen LogP contribution in [0.5, 0.6) is 6.01 Å². The molecule has 1 aromatic rings. The lowest BCUT2D eigenvalue weighted by atomic mass is 9.89. The Bertz CT molecular complexity index is 435. The van der Waals surface area contributed by atoms with E-state index in [9.17, 15) is 5.11 Å². The Morgan fingerprint density at radius 2 is 1.90 bits per heavy atom. The Balaban J connectivity index is 2.64. The highest BCUT2D eigenvalue weighted by Gasteiger charge is 2.17. The van der Waals surface area contributed by atoms with E-state index in [1.807, 2.05) is 6.92 Å². The molecule has 120 valence electrons. The minimum absolute atomic E-state index is 0.0551. The summed E-state index contributed by atoms with van der Waals surface area (Å²) in [5.41, 5.74) is 2.42. The van der Waals surface area contributed by atoms with Gasteiger partial charge in [-0.3, -0.25) is 5.43 Å². The van der Waals surface area contributed by atoms with Gasteiger partial charge in [0.1, 0.15) is 0 Å². The number of hydrogen-bond donors (Lipinski definition) is 4. The number of nitrogens with two attached hydrogens (primary N) is 1. The molecule has 0 aromatic carbocycles. The number of nitrogens with one attached hydrogen (secondary N) is 2. The van der Waals surface area contributed by atoms with Crippen LogP contribution in [0.25, 0.3) is 0 Å². The smallest absolute Gasteiger partial charge is 0.323 e. The predicted octanol–water partition coefficient (Wildman–Crippen LogP) is 1.15. The summed E-state index contributed by atoms with van der Waals surface area (Å²) in [6.07, 6.45) is 1.03. The molecule has 0 aliphatic heterocycles. The van der Waals surface area contributed by atoms with E-state index in [1.54, 1.807) is 0 Å². The largest absolute Gasteiger partial charge is 0.463 e. The van der Waals surface area contributed by atoms with Gasteiger partial charge in [0.2, 0.25) is 11.9 Å². The Labute approximate surface area is 125 Å². The first-order valence-corrected chi connectivity index (χ1v) is 7.11. The zero-order valence-electron chi connectivity index (χ0n) is 13.2. The second-order valence-electron chi connectivity index (χ2n) is 6.06. The van der Waals surface area contributed by atoms with Gasteiger partial charge < -0.3 is 15.2 Å². The second-order valence-corrected chi connectivity index (χ2v) is 6.06. The van der Waals surface area contributed by atoms with Crippen molar-refractivity contribution in [3.8, 4) is 6.01 Å². The van der Waals surface area contributed by atoms with Gasteiger partial charge in [-0.25, -0.2) is 5.84 Å². The zero-order valence-corrected chi connectivity index (χ0v) is 13.2. The average molecular weight is 298 g/mol. The van der Waals surface area contributed by atoms with Crippen molar-refractivity contribution < 1.29 is 9.84 Å². The minimum atomic E-state index is -0.490. The molecule has 21 heavy (non-hydrogen) atoms. The van der Waals surface area contributed by atoms with Crippen LogP contribution in [0, 0.1) is 5.41 Å². The van der Waals surface area contributed by atoms with Gasteiger partial charge in [-0.1, -0.05) is 27.7 Å². The first kappa shape index (κ1) is 17.4. The van der Waals surface area contributed by atoms with Crippen LogP contribution in [0.3, 0.4) is 0 Å². The topological polar surface area (TPSA) is 118 Å². The van der Waals surface area contributed by atoms with Crippen LogP contribution in [-0.4, -0.2) is 39.3 Å². The summed E-state index contributed by atoms with van der Waals surface area (Å²) < 4.78 is 5.37. The highest BCUT2D eigenvalue weighted by atomic mass is 16.5. The lowest BCUT2D eigenvalue weighted by Crippen LogP contribution is -2.26. The number of aliphatic hydroxyl groups excluding tert-OH is 1. The number of ether oxygens (including phenoxy) is 1. The van der Waals surface area contributed by atoms with Crippen molar-refractivity contribution in [2.24, 2.45) is 11.3 Å². The molecule has 0 saturated carbocycles. The molecule has 0 aliphatic carbocycles. The third kappa shape index (κ3) is 7.05. The lowest BCUT2D eigenvalue weighted by molar-refractivity contribution is 0.132. The maximum Gasteiger partial charge on any atom is 0.323 e. The normalized spacial score (nSPS) is 12.9. The molecule has 0 saturated heterocycles. The highest BCUT2D eigenvalue weighted by molar-refractivity contribution is 5.34. The van der Waals surface area contributed by atoms with Gasteiger partial charge in [0.15, 0.2) is 0 Å². The van der Waals surface area contributed by atoms with Crippen LogP contribution in [0.2, 0.25) is 0 Å². The number of hydrazine groups is 1. The maximum absolute atomic E-state index is 9.98. The van der Waals surface area contributed by atoms with E-state index in [2.05, 4.69) is 46.5 Å². The molecule has 0 bridgehead atoms. The first-order valence-electron chi connectivity index (χ1n) is 7.11. The van der Waals surface area contributed by atoms with E-state index in [1.165, 1.54) is 0 Å². The fraction of sp³-hybridized carbons (Fsp3) is 0.769. The molecule has 1 aromatic heterocycles. The second kappa shape index (κ2) is 7.94. The molecule has 1 atom stereocenters. The van der Waals surface area contributed by atoms with Gasteiger partial charge >= 0.3 is 6.01 Å². The number of nitrogen functional groups attached to an aromatic ring is 1. The van der Waals surface area contributed by atoms with Crippen molar-refractivity contribution in [1.82, 2.24) is 15.0 Å². The number of nitrogens with zero attached hydrogens (tertiary/aromatic N) is 3. The molecule has 1 rings (SSSR count). The predicted molar refractivity (Wildman–Crippen MR) is 82.0 cm³/mol. The average Bonchev–Trinajstić information content (AvgIpc) is 2.41. The van der Waals surface area contributed by atoms with Crippen LogP contribution < -0.4 is 21.3 Å². The summed E-state index contributed by atoms with van der Waals surface area (Å²) in [4.78, 5) is 12.2. The number of hydrogen-bond acceptors (Lipinski definition) is 8. The monoisotopic (exact) mass is 298 g/mol. The van der Waals surface area contributed by atoms with E-state index >= 15 is 0 Å². The summed E-state index contributed by atoms with van der Waals surface area (Å²) in [5, 5.41) is 12.9. The van der Waals surface area contributed by atoms with E-state index in [4.69, 9.17) is 10.6 Å². The molecule has 0 fully saturated rings. The fourth-order valence-corrected chi connectivity index (χ4v) is 1.75. The van der Waals surface area contributed by atoms with Crippen LogP contribution in [0.1, 0.15) is 40.5 Å². The Hall–Kier alpha value is -1.67. The minimum Gasteiger partial charge on any atom is -0.463 e. The van der Waals surface area contributed by atoms with Gasteiger partial charge in [-0.05, 0) is 18.3 Å². The Kier molecular flexibility index (Phi) is 6.57. The highest BCUT2D eigenvalue weighted by Crippen LogP contribution is 2.21. The first-order chi connectivity index (χ1) is 9.84. The zero-order chi connectivity index (χ0) is 15.9. The maximum atomic E-state index is 9.98. The lowest BCUT2D eigenvalue weighted by Gasteiger charge is -2.22. The van der Waals surface area contributed by atoms with Crippen molar-refractivity contribution in [3.05, 3.63) is 0 Å². The summed E-state index contributed by atoms with van der Waals surface area (Å²) >= 11 is 0. The van der Waals surface area contributed by atoms with Crippen LogP contribution in [0.4, 0.5) is 11.9 Å². The number of aliphatic hydroxyl groups is 1. The number of aromatic nitrogens is 3. The Morgan fingerprint density at radius 1 is 1.24 bits per heavy atom. The van der Waals surface area contributed by atoms with Crippen LogP contribution in [0.15, 0.2) is 0 Å². The van der Waals surface area contributed by atoms with Gasteiger partial charge in [-0.2, -0.15) is 15.0 Å². The van der Waals surface area contributed by atoms with Crippen molar-refractivity contribution >= 4 is 11.9 Å². The summed E-state index contributed by atoms with van der Waals surface area (Å²) in [6.45, 7) is 9.08. The molecule has 1 unspecified atom stereocenters. The van der Waals surface area contributed by atoms with Crippen molar-refractivity contribution in [2.45, 2.75) is 46.6 Å². The summed E-state index contributed by atoms with van der Waals surface area (Å²) in [5.74, 6) is 5.85. The molecule has 0 spiro atoms. The number of anilines is 2. The van der Waals surface area contributed by atoms with E-state index in [0.717, 1.165) is 6.42 Å². The number of rotatable bonds is 8. The third-order valence-corrected chi connectivity index (χ3v) is 2.52. The molecular weight excluding hydrogens is 272 g/mol. The summed E-state index contributed by atoms with van der Waals surface area (Å²) in [7, 11) is 0. The van der Waals surface area contributed by atoms with Gasteiger partial charge in [-0.15, -0.1) is 0 Å². The molecule has 0 aliphatic rings. The Morgan fingerprint density at radius 3 is 2.48 bits per heavy atom. The quantitative estimate of drug-likeness (QED) is 0.417. The van der Waals surface area contributed by atoms with E-state index in [-0.39, 0.29) is 17.4 Å². The summed E-state index contributed by atoms with van der Waals surface area (Å²) in [6, 6.07) is 0.201. The van der Waals surface area contributed by atoms with Crippen molar-refractivity contribution in [3.63, 3.8) is 0 Å². The van der Waals surface area contributed by atoms with Crippen molar-refractivity contribution in [1.29, 1.82) is 0 Å². The molecule has 1 heterocycles. The van der Waals surface area contributed by atoms with Gasteiger partial charge in [0, 0.05) is 6.54 Å². The molecule has 5 N–H and O–H groups in total. The molecular formula is C13H26N6O2. The SMILES string of the molecule is CCCOc1nc(NN)nc(NCC(O)CC(C)(C)C)n1. The standard InChI is InChI=1S/C13H26N6O2/c1-5-6-21-12-17-10(16-11(18-12)19-14)15-8-9(20)7-13(2,3)4/h9,20H,5-8,14H2,1-4H3,(H2,15,16,17,18,19). The van der Waals surface area contributed by atoms with E-state index in [0.29, 0.717) is 25.5 Å². The van der Waals surface area contributed by atoms with Crippen LogP contribution in [-0.2, 0) is 0 Å². The van der Waals surface area contributed by atoms with E-state index < -0.39 is 6.10 Å². The van der Waals surface area contributed by atoms with Gasteiger partial charge in [0.05, 0.1) is 12.7 Å². The molecule has 8 nitrogen and oxygen atoms in total.